The van der Waals surface area contributed by atoms with E-state index in [2.05, 4.69) is 36.1 Å². The van der Waals surface area contributed by atoms with E-state index in [4.69, 9.17) is 5.11 Å². The molecule has 2 aromatic heterocycles. The second-order valence-electron chi connectivity index (χ2n) is 6.16. The maximum atomic E-state index is 9.06. The molecule has 0 bridgehead atoms. The molecule has 1 N–H and O–H groups in total. The van der Waals surface area contributed by atoms with Crippen molar-refractivity contribution in [1.29, 1.82) is 0 Å². The zero-order valence-corrected chi connectivity index (χ0v) is 14.0. The van der Waals surface area contributed by atoms with Crippen LogP contribution in [-0.4, -0.2) is 60.6 Å². The Bertz CT molecular complexity index is 626. The number of hydrogen-bond donors (Lipinski definition) is 1. The summed E-state index contributed by atoms with van der Waals surface area (Å²) in [4.78, 5) is 6.59. The molecule has 1 aliphatic heterocycles. The van der Waals surface area contributed by atoms with Gasteiger partial charge in [0.1, 0.15) is 11.6 Å². The highest BCUT2D eigenvalue weighted by molar-refractivity contribution is 5.05. The standard InChI is InChI=1S/C16H26N6O/c1-3-22-15(12-21-9-6-17-13(21)2)18-19-16(22)14-4-7-20(8-5-14)10-11-23/h6,9,14,23H,3-5,7-8,10-12H2,1-2H3. The highest BCUT2D eigenvalue weighted by Crippen LogP contribution is 2.27. The van der Waals surface area contributed by atoms with Crippen LogP contribution in [0, 0.1) is 6.92 Å². The minimum absolute atomic E-state index is 0.240. The van der Waals surface area contributed by atoms with Gasteiger partial charge in [0.25, 0.3) is 0 Å². The topological polar surface area (TPSA) is 72.0 Å². The molecule has 0 saturated carbocycles. The number of imidazole rings is 1. The Labute approximate surface area is 137 Å². The molecule has 3 rings (SSSR count). The lowest BCUT2D eigenvalue weighted by molar-refractivity contribution is 0.162. The smallest absolute Gasteiger partial charge is 0.153 e. The molecule has 1 fully saturated rings. The van der Waals surface area contributed by atoms with Crippen molar-refractivity contribution in [3.05, 3.63) is 29.9 Å². The van der Waals surface area contributed by atoms with Gasteiger partial charge in [-0.05, 0) is 39.8 Å². The van der Waals surface area contributed by atoms with Crippen LogP contribution >= 0.6 is 0 Å². The number of piperidine rings is 1. The van der Waals surface area contributed by atoms with Crippen LogP contribution in [0.5, 0.6) is 0 Å². The van der Waals surface area contributed by atoms with Gasteiger partial charge in [-0.25, -0.2) is 4.98 Å². The fourth-order valence-corrected chi connectivity index (χ4v) is 3.39. The van der Waals surface area contributed by atoms with Crippen LogP contribution in [0.15, 0.2) is 12.4 Å². The molecule has 0 spiro atoms. The van der Waals surface area contributed by atoms with Gasteiger partial charge >= 0.3 is 0 Å². The summed E-state index contributed by atoms with van der Waals surface area (Å²) in [5, 5.41) is 18.0. The SMILES string of the molecule is CCn1c(Cn2ccnc2C)nnc1C1CCN(CCO)CC1. The molecule has 2 aromatic rings. The van der Waals surface area contributed by atoms with E-state index in [1.54, 1.807) is 0 Å². The Morgan fingerprint density at radius 3 is 2.65 bits per heavy atom. The summed E-state index contributed by atoms with van der Waals surface area (Å²) in [7, 11) is 0. The van der Waals surface area contributed by atoms with Crippen molar-refractivity contribution in [2.75, 3.05) is 26.2 Å². The number of hydrogen-bond acceptors (Lipinski definition) is 5. The zero-order chi connectivity index (χ0) is 16.2. The van der Waals surface area contributed by atoms with E-state index in [9.17, 15) is 0 Å². The molecule has 126 valence electrons. The molecule has 7 nitrogen and oxygen atoms in total. The molecule has 3 heterocycles. The summed E-state index contributed by atoms with van der Waals surface area (Å²) in [6.45, 7) is 8.83. The Kier molecular flexibility index (Phi) is 5.07. The van der Waals surface area contributed by atoms with Crippen molar-refractivity contribution in [1.82, 2.24) is 29.2 Å². The van der Waals surface area contributed by atoms with Crippen molar-refractivity contribution in [3.8, 4) is 0 Å². The molecular formula is C16H26N6O. The van der Waals surface area contributed by atoms with Crippen LogP contribution in [0.4, 0.5) is 0 Å². The van der Waals surface area contributed by atoms with E-state index in [-0.39, 0.29) is 6.61 Å². The number of likely N-dealkylation sites (tertiary alicyclic amines) is 1. The number of aliphatic hydroxyl groups is 1. The highest BCUT2D eigenvalue weighted by atomic mass is 16.3. The highest BCUT2D eigenvalue weighted by Gasteiger charge is 2.25. The van der Waals surface area contributed by atoms with Gasteiger partial charge in [-0.1, -0.05) is 0 Å². The van der Waals surface area contributed by atoms with E-state index < -0.39 is 0 Å². The zero-order valence-electron chi connectivity index (χ0n) is 14.0. The van der Waals surface area contributed by atoms with Gasteiger partial charge in [-0.3, -0.25) is 0 Å². The fraction of sp³-hybridized carbons (Fsp3) is 0.688. The molecule has 1 aliphatic rings. The van der Waals surface area contributed by atoms with Gasteiger partial charge in [-0.2, -0.15) is 0 Å². The minimum atomic E-state index is 0.240. The number of aryl methyl sites for hydroxylation is 1. The van der Waals surface area contributed by atoms with Crippen molar-refractivity contribution in [3.63, 3.8) is 0 Å². The third-order valence-corrected chi connectivity index (χ3v) is 4.78. The van der Waals surface area contributed by atoms with Crippen molar-refractivity contribution in [2.45, 2.75) is 45.7 Å². The molecule has 0 unspecified atom stereocenters. The first-order chi connectivity index (χ1) is 11.2. The van der Waals surface area contributed by atoms with Gasteiger partial charge in [0.15, 0.2) is 5.82 Å². The van der Waals surface area contributed by atoms with E-state index >= 15 is 0 Å². The first-order valence-electron chi connectivity index (χ1n) is 8.45. The average Bonchev–Trinajstić information content (AvgIpc) is 3.15. The molecular weight excluding hydrogens is 292 g/mol. The third kappa shape index (κ3) is 3.45. The third-order valence-electron chi connectivity index (χ3n) is 4.78. The summed E-state index contributed by atoms with van der Waals surface area (Å²) >= 11 is 0. The lowest BCUT2D eigenvalue weighted by atomic mass is 9.96. The second-order valence-corrected chi connectivity index (χ2v) is 6.16. The van der Waals surface area contributed by atoms with E-state index in [0.29, 0.717) is 5.92 Å². The fourth-order valence-electron chi connectivity index (χ4n) is 3.39. The maximum absolute atomic E-state index is 9.06. The van der Waals surface area contributed by atoms with Gasteiger partial charge in [0.2, 0.25) is 0 Å². The second kappa shape index (κ2) is 7.23. The van der Waals surface area contributed by atoms with Crippen molar-refractivity contribution >= 4 is 0 Å². The quantitative estimate of drug-likeness (QED) is 0.861. The summed E-state index contributed by atoms with van der Waals surface area (Å²) < 4.78 is 4.36. The van der Waals surface area contributed by atoms with Crippen molar-refractivity contribution in [2.24, 2.45) is 0 Å². The van der Waals surface area contributed by atoms with Crippen LogP contribution in [0.2, 0.25) is 0 Å². The predicted octanol–water partition coefficient (Wildman–Crippen LogP) is 1.02. The molecule has 1 saturated heterocycles. The summed E-state index contributed by atoms with van der Waals surface area (Å²) in [5.41, 5.74) is 0. The number of aliphatic hydroxyl groups excluding tert-OH is 1. The minimum Gasteiger partial charge on any atom is -0.395 e. The number of rotatable bonds is 6. The molecule has 7 heteroatoms. The Balaban J connectivity index is 1.73. The Hall–Kier alpha value is -1.73. The van der Waals surface area contributed by atoms with Crippen molar-refractivity contribution < 1.29 is 5.11 Å². The molecule has 0 radical (unpaired) electrons. The van der Waals surface area contributed by atoms with Gasteiger partial charge in [0, 0.05) is 31.4 Å². The molecule has 0 aromatic carbocycles. The lowest BCUT2D eigenvalue weighted by Gasteiger charge is -2.31. The van der Waals surface area contributed by atoms with Gasteiger partial charge in [0.05, 0.1) is 13.2 Å². The molecule has 0 aliphatic carbocycles. The average molecular weight is 318 g/mol. The van der Waals surface area contributed by atoms with Crippen LogP contribution in [0.1, 0.15) is 43.2 Å². The van der Waals surface area contributed by atoms with Crippen LogP contribution in [-0.2, 0) is 13.1 Å². The normalized spacial score (nSPS) is 17.0. The Morgan fingerprint density at radius 1 is 1.26 bits per heavy atom. The number of aromatic nitrogens is 5. The molecule has 0 amide bonds. The predicted molar refractivity (Wildman–Crippen MR) is 87.3 cm³/mol. The first kappa shape index (κ1) is 16.1. The van der Waals surface area contributed by atoms with Gasteiger partial charge in [-0.15, -0.1) is 10.2 Å². The summed E-state index contributed by atoms with van der Waals surface area (Å²) in [5.74, 6) is 3.58. The van der Waals surface area contributed by atoms with E-state index in [1.165, 1.54) is 0 Å². The maximum Gasteiger partial charge on any atom is 0.153 e. The Morgan fingerprint density at radius 2 is 2.04 bits per heavy atom. The van der Waals surface area contributed by atoms with Crippen LogP contribution in [0.3, 0.4) is 0 Å². The first-order valence-corrected chi connectivity index (χ1v) is 8.45. The molecule has 0 atom stereocenters. The number of nitrogens with zero attached hydrogens (tertiary/aromatic N) is 6. The summed E-state index contributed by atoms with van der Waals surface area (Å²) in [6.07, 6.45) is 5.97. The van der Waals surface area contributed by atoms with Crippen LogP contribution < -0.4 is 0 Å². The largest absolute Gasteiger partial charge is 0.395 e. The summed E-state index contributed by atoms with van der Waals surface area (Å²) in [6, 6.07) is 0. The monoisotopic (exact) mass is 318 g/mol. The lowest BCUT2D eigenvalue weighted by Crippen LogP contribution is -2.35. The van der Waals surface area contributed by atoms with Gasteiger partial charge < -0.3 is 19.1 Å². The van der Waals surface area contributed by atoms with Crippen LogP contribution in [0.25, 0.3) is 0 Å². The molecule has 23 heavy (non-hydrogen) atoms. The van der Waals surface area contributed by atoms with E-state index in [1.807, 2.05) is 19.3 Å². The number of β-amino-alcohol motifs (C(OH)–C–C–N with tert-alkyl or cyclic N) is 1. The van der Waals surface area contributed by atoms with E-state index in [0.717, 1.165) is 63.0 Å².